The van der Waals surface area contributed by atoms with E-state index in [0.29, 0.717) is 16.6 Å². The van der Waals surface area contributed by atoms with Gasteiger partial charge in [-0.15, -0.1) is 0 Å². The number of rotatable bonds is 3. The van der Waals surface area contributed by atoms with Gasteiger partial charge in [0.2, 0.25) is 0 Å². The van der Waals surface area contributed by atoms with E-state index in [9.17, 15) is 4.79 Å². The summed E-state index contributed by atoms with van der Waals surface area (Å²) in [6.45, 7) is 0.420. The van der Waals surface area contributed by atoms with Crippen molar-refractivity contribution in [1.29, 1.82) is 5.26 Å². The van der Waals surface area contributed by atoms with Crippen LogP contribution in [-0.2, 0) is 6.54 Å². The molecule has 0 unspecified atom stereocenters. The van der Waals surface area contributed by atoms with E-state index in [-0.39, 0.29) is 6.03 Å². The Hall–Kier alpha value is -2.91. The Morgan fingerprint density at radius 2 is 2.05 bits per heavy atom. The molecule has 3 aromatic rings. The van der Waals surface area contributed by atoms with Crippen molar-refractivity contribution in [2.45, 2.75) is 6.54 Å². The highest BCUT2D eigenvalue weighted by Gasteiger charge is 2.07. The number of thiazole rings is 1. The lowest BCUT2D eigenvalue weighted by molar-refractivity contribution is 0.252. The number of carbonyl (C=O) groups is 1. The van der Waals surface area contributed by atoms with E-state index in [4.69, 9.17) is 5.26 Å². The Bertz CT molecular complexity index is 860. The first-order valence-electron chi connectivity index (χ1n) is 6.63. The molecule has 6 heteroatoms. The van der Waals surface area contributed by atoms with Gasteiger partial charge in [0.15, 0.2) is 5.13 Å². The normalized spacial score (nSPS) is 10.1. The third kappa shape index (κ3) is 3.05. The monoisotopic (exact) mass is 308 g/mol. The molecule has 2 N–H and O–H groups in total. The highest BCUT2D eigenvalue weighted by Crippen LogP contribution is 2.19. The van der Waals surface area contributed by atoms with Crippen LogP contribution in [0, 0.1) is 11.3 Å². The van der Waals surface area contributed by atoms with Crippen LogP contribution >= 0.6 is 11.3 Å². The largest absolute Gasteiger partial charge is 0.334 e. The minimum atomic E-state index is -0.341. The van der Waals surface area contributed by atoms with Crippen LogP contribution in [0.4, 0.5) is 9.93 Å². The molecule has 0 aliphatic heterocycles. The van der Waals surface area contributed by atoms with Crippen LogP contribution in [0.1, 0.15) is 10.4 Å². The van der Waals surface area contributed by atoms with Crippen molar-refractivity contribution in [1.82, 2.24) is 10.3 Å². The Morgan fingerprint density at radius 1 is 1.23 bits per heavy atom. The highest BCUT2D eigenvalue weighted by molar-refractivity contribution is 7.16. The number of nitrogens with zero attached hydrogens (tertiary/aromatic N) is 2. The van der Waals surface area contributed by atoms with Gasteiger partial charge >= 0.3 is 6.03 Å². The lowest BCUT2D eigenvalue weighted by atomic mass is 10.0. The second-order valence-corrected chi connectivity index (χ2v) is 5.62. The molecule has 0 aliphatic carbocycles. The van der Waals surface area contributed by atoms with Crippen molar-refractivity contribution in [2.24, 2.45) is 0 Å². The summed E-state index contributed by atoms with van der Waals surface area (Å²) in [5.41, 5.74) is 1.05. The number of nitrogens with one attached hydrogen (secondary N) is 2. The number of nitriles is 1. The number of urea groups is 1. The zero-order valence-corrected chi connectivity index (χ0v) is 12.4. The molecule has 2 amide bonds. The summed E-state index contributed by atoms with van der Waals surface area (Å²) in [5.74, 6) is 0. The Kier molecular flexibility index (Phi) is 3.99. The van der Waals surface area contributed by atoms with Crippen LogP contribution in [-0.4, -0.2) is 11.0 Å². The molecule has 5 nitrogen and oxygen atoms in total. The van der Waals surface area contributed by atoms with Gasteiger partial charge in [-0.1, -0.05) is 53.8 Å². The maximum absolute atomic E-state index is 11.9. The fraction of sp³-hybridized carbons (Fsp3) is 0.0625. The Balaban J connectivity index is 1.66. The molecule has 0 saturated carbocycles. The molecule has 3 rings (SSSR count). The van der Waals surface area contributed by atoms with Gasteiger partial charge in [-0.05, 0) is 16.3 Å². The molecule has 108 valence electrons. The summed E-state index contributed by atoms with van der Waals surface area (Å²) in [6.07, 6.45) is 1.44. The van der Waals surface area contributed by atoms with E-state index in [0.717, 1.165) is 27.7 Å². The van der Waals surface area contributed by atoms with Gasteiger partial charge in [-0.25, -0.2) is 9.78 Å². The minimum absolute atomic E-state index is 0.341. The van der Waals surface area contributed by atoms with Crippen molar-refractivity contribution < 1.29 is 4.79 Å². The maximum Gasteiger partial charge on any atom is 0.321 e. The molecule has 0 bridgehead atoms. The van der Waals surface area contributed by atoms with Crippen molar-refractivity contribution in [3.63, 3.8) is 0 Å². The van der Waals surface area contributed by atoms with E-state index in [1.54, 1.807) is 0 Å². The first-order valence-corrected chi connectivity index (χ1v) is 7.45. The molecule has 0 atom stereocenters. The SMILES string of the molecule is N#Cc1cnc(NC(=O)NCc2cccc3ccccc23)s1. The van der Waals surface area contributed by atoms with Crippen molar-refractivity contribution in [2.75, 3.05) is 5.32 Å². The molecule has 0 fully saturated rings. The van der Waals surface area contributed by atoms with Crippen molar-refractivity contribution in [3.05, 3.63) is 59.1 Å². The molecule has 0 radical (unpaired) electrons. The van der Waals surface area contributed by atoms with Gasteiger partial charge in [0.1, 0.15) is 10.9 Å². The summed E-state index contributed by atoms with van der Waals surface area (Å²) < 4.78 is 0. The van der Waals surface area contributed by atoms with E-state index in [1.807, 2.05) is 48.5 Å². The minimum Gasteiger partial charge on any atom is -0.334 e. The van der Waals surface area contributed by atoms with Gasteiger partial charge in [0, 0.05) is 6.54 Å². The lowest BCUT2D eigenvalue weighted by Crippen LogP contribution is -2.28. The van der Waals surface area contributed by atoms with Gasteiger partial charge in [-0.2, -0.15) is 5.26 Å². The summed E-state index contributed by atoms with van der Waals surface area (Å²) in [6, 6.07) is 15.7. The topological polar surface area (TPSA) is 77.8 Å². The van der Waals surface area contributed by atoms with E-state index >= 15 is 0 Å². The highest BCUT2D eigenvalue weighted by atomic mass is 32.1. The third-order valence-electron chi connectivity index (χ3n) is 3.16. The molecule has 0 aliphatic rings. The number of carbonyl (C=O) groups excluding carboxylic acids is 1. The number of aromatic nitrogens is 1. The number of anilines is 1. The van der Waals surface area contributed by atoms with Crippen LogP contribution in [0.5, 0.6) is 0 Å². The predicted octanol–water partition coefficient (Wildman–Crippen LogP) is 3.49. The third-order valence-corrected chi connectivity index (χ3v) is 3.97. The second kappa shape index (κ2) is 6.24. The van der Waals surface area contributed by atoms with Crippen LogP contribution in [0.15, 0.2) is 48.7 Å². The molecular formula is C16H12N4OS. The molecular weight excluding hydrogens is 296 g/mol. The lowest BCUT2D eigenvalue weighted by Gasteiger charge is -2.08. The fourth-order valence-corrected chi connectivity index (χ4v) is 2.76. The van der Waals surface area contributed by atoms with Gasteiger partial charge in [0.05, 0.1) is 6.20 Å². The number of amides is 2. The average Bonchev–Trinajstić information content (AvgIpc) is 3.00. The zero-order valence-electron chi connectivity index (χ0n) is 11.5. The van der Waals surface area contributed by atoms with Crippen LogP contribution in [0.25, 0.3) is 10.8 Å². The average molecular weight is 308 g/mol. The first-order chi connectivity index (χ1) is 10.8. The number of fused-ring (bicyclic) bond motifs is 1. The van der Waals surface area contributed by atoms with E-state index in [1.165, 1.54) is 6.20 Å². The van der Waals surface area contributed by atoms with Crippen LogP contribution in [0.3, 0.4) is 0 Å². The quantitative estimate of drug-likeness (QED) is 0.777. The van der Waals surface area contributed by atoms with Gasteiger partial charge < -0.3 is 5.32 Å². The Labute approximate surface area is 131 Å². The van der Waals surface area contributed by atoms with Crippen molar-refractivity contribution >= 4 is 33.3 Å². The van der Waals surface area contributed by atoms with Crippen molar-refractivity contribution in [3.8, 4) is 6.07 Å². The maximum atomic E-state index is 11.9. The van der Waals surface area contributed by atoms with E-state index < -0.39 is 0 Å². The second-order valence-electron chi connectivity index (χ2n) is 4.59. The summed E-state index contributed by atoms with van der Waals surface area (Å²) in [5, 5.41) is 16.8. The number of benzene rings is 2. The van der Waals surface area contributed by atoms with Gasteiger partial charge in [0.25, 0.3) is 0 Å². The molecule has 0 spiro atoms. The van der Waals surface area contributed by atoms with Gasteiger partial charge in [-0.3, -0.25) is 5.32 Å². The number of hydrogen-bond donors (Lipinski definition) is 2. The van der Waals surface area contributed by atoms with E-state index in [2.05, 4.69) is 15.6 Å². The predicted molar refractivity (Wildman–Crippen MR) is 86.6 cm³/mol. The summed E-state index contributed by atoms with van der Waals surface area (Å²) in [4.78, 5) is 16.3. The fourth-order valence-electron chi connectivity index (χ4n) is 2.15. The Morgan fingerprint density at radius 3 is 2.86 bits per heavy atom. The summed E-state index contributed by atoms with van der Waals surface area (Å²) >= 11 is 1.14. The molecule has 1 aromatic heterocycles. The molecule has 0 saturated heterocycles. The molecule has 22 heavy (non-hydrogen) atoms. The van der Waals surface area contributed by atoms with Crippen LogP contribution in [0.2, 0.25) is 0 Å². The number of hydrogen-bond acceptors (Lipinski definition) is 4. The zero-order chi connectivity index (χ0) is 15.4. The van der Waals surface area contributed by atoms with Crippen LogP contribution < -0.4 is 10.6 Å². The summed E-state index contributed by atoms with van der Waals surface area (Å²) in [7, 11) is 0. The smallest absolute Gasteiger partial charge is 0.321 e. The molecule has 2 aromatic carbocycles. The standard InChI is InChI=1S/C16H12N4OS/c17-8-13-10-19-16(22-13)20-15(21)18-9-12-6-3-5-11-4-1-2-7-14(11)12/h1-7,10H,9H2,(H2,18,19,20,21). The molecule has 1 heterocycles. The first kappa shape index (κ1) is 14.0.